The molecular weight excluding hydrogens is 669 g/mol. The highest BCUT2D eigenvalue weighted by atomic mass is 16.5. The molecule has 0 aromatic carbocycles. The van der Waals surface area contributed by atoms with Crippen molar-refractivity contribution in [1.82, 2.24) is 0 Å². The number of rotatable bonds is 10. The number of carbonyl (C=O) groups is 2. The van der Waals surface area contributed by atoms with Gasteiger partial charge in [0.1, 0.15) is 19.2 Å². The second-order valence-corrected chi connectivity index (χ2v) is 20.5. The first-order chi connectivity index (χ1) is 25.7. The monoisotopic (exact) mass is 743 g/mol. The van der Waals surface area contributed by atoms with Crippen LogP contribution in [0.4, 0.5) is 0 Å². The van der Waals surface area contributed by atoms with Crippen molar-refractivity contribution < 1.29 is 28.2 Å². The minimum Gasteiger partial charge on any atom is -0.460 e. The van der Waals surface area contributed by atoms with Crippen LogP contribution in [0, 0.1) is 56.7 Å². The number of nitrogens with zero attached hydrogens (tertiary/aromatic N) is 2. The summed E-state index contributed by atoms with van der Waals surface area (Å²) in [5.74, 6) is 2.71. The summed E-state index contributed by atoms with van der Waals surface area (Å²) in [6.07, 6.45) is 27.8. The largest absolute Gasteiger partial charge is 0.460 e. The van der Waals surface area contributed by atoms with Gasteiger partial charge in [-0.15, -0.1) is 0 Å². The molecule has 0 saturated heterocycles. The zero-order valence-electron chi connectivity index (χ0n) is 35.3. The molecule has 0 aromatic heterocycles. The Labute approximate surface area is 328 Å². The highest BCUT2D eigenvalue weighted by Gasteiger charge is 2.71. The second kappa shape index (κ2) is 14.8. The second-order valence-electron chi connectivity index (χ2n) is 20.5. The van der Waals surface area contributed by atoms with Crippen molar-refractivity contribution in [3.63, 3.8) is 0 Å². The lowest BCUT2D eigenvalue weighted by Crippen LogP contribution is -2.67. The number of carbonyl (C=O) groups excluding carboxylic acids is 2. The van der Waals surface area contributed by atoms with Gasteiger partial charge in [-0.1, -0.05) is 72.8 Å². The Morgan fingerprint density at radius 3 is 2.00 bits per heavy atom. The molecule has 0 bridgehead atoms. The van der Waals surface area contributed by atoms with Crippen molar-refractivity contribution in [3.05, 3.63) is 36.5 Å². The van der Waals surface area contributed by atoms with Crippen molar-refractivity contribution in [2.75, 3.05) is 19.7 Å². The number of allylic oxidation sites excluding steroid dienone is 3. The van der Waals surface area contributed by atoms with Gasteiger partial charge in [-0.2, -0.15) is 0 Å². The van der Waals surface area contributed by atoms with Gasteiger partial charge in [-0.25, -0.2) is 18.7 Å². The fraction of sp³-hybridized carbons (Fsp3) is 0.792. The van der Waals surface area contributed by atoms with E-state index in [-0.39, 0.29) is 57.2 Å². The van der Waals surface area contributed by atoms with Crippen molar-refractivity contribution in [2.24, 2.45) is 56.7 Å². The van der Waals surface area contributed by atoms with Crippen molar-refractivity contribution in [1.29, 1.82) is 0 Å². The smallest absolute Gasteiger partial charge is 0.375 e. The van der Waals surface area contributed by atoms with E-state index in [1.54, 1.807) is 0 Å². The van der Waals surface area contributed by atoms with E-state index in [1.807, 2.05) is 0 Å². The maximum absolute atomic E-state index is 13.8. The average molecular weight is 743 g/mol. The number of fused-ring (bicyclic) bond motifs is 7. The van der Waals surface area contributed by atoms with Gasteiger partial charge in [0.05, 0.1) is 6.61 Å². The van der Waals surface area contributed by atoms with Gasteiger partial charge in [-0.3, -0.25) is 0 Å². The molecule has 0 radical (unpaired) electrons. The summed E-state index contributed by atoms with van der Waals surface area (Å²) in [5, 5.41) is 0. The lowest BCUT2D eigenvalue weighted by molar-refractivity contribution is -0.551. The summed E-state index contributed by atoms with van der Waals surface area (Å²) in [6.45, 7) is 26.3. The van der Waals surface area contributed by atoms with Gasteiger partial charge in [0, 0.05) is 36.5 Å². The molecule has 298 valence electrons. The maximum atomic E-state index is 13.8. The molecule has 5 aliphatic carbocycles. The third-order valence-electron chi connectivity index (χ3n) is 18.0. The molecule has 0 N–H and O–H groups in total. The first kappa shape index (κ1) is 39.7. The molecule has 7 rings (SSSR count). The van der Waals surface area contributed by atoms with E-state index >= 15 is 0 Å². The highest BCUT2D eigenvalue weighted by Crippen LogP contribution is 2.77. The van der Waals surface area contributed by atoms with E-state index in [2.05, 4.69) is 108 Å². The van der Waals surface area contributed by atoms with E-state index in [9.17, 15) is 9.59 Å². The van der Waals surface area contributed by atoms with E-state index in [1.165, 1.54) is 44.1 Å². The third-order valence-corrected chi connectivity index (χ3v) is 18.0. The SMILES string of the molecule is C=C(C)C1CC[C@]2(COC(=O)C(CC)[N+]3=CC=CCC3)CC[C@]3(C)C(CCC4[C@@]5(C)CC[C@H](OC(=O)C(CC)[N+]6=CC=CCC6)C(C)(C)C5CC[C@]43C)C12. The van der Waals surface area contributed by atoms with Crippen molar-refractivity contribution in [2.45, 2.75) is 163 Å². The van der Waals surface area contributed by atoms with Gasteiger partial charge in [0.15, 0.2) is 12.4 Å². The molecule has 5 saturated carbocycles. The van der Waals surface area contributed by atoms with Crippen LogP contribution < -0.4 is 0 Å². The predicted molar refractivity (Wildman–Crippen MR) is 218 cm³/mol. The summed E-state index contributed by atoms with van der Waals surface area (Å²) in [6, 6.07) is -0.410. The fourth-order valence-corrected chi connectivity index (χ4v) is 15.0. The zero-order valence-corrected chi connectivity index (χ0v) is 35.3. The lowest BCUT2D eigenvalue weighted by atomic mass is 9.32. The molecule has 6 nitrogen and oxygen atoms in total. The fourth-order valence-electron chi connectivity index (χ4n) is 15.0. The molecule has 0 aromatic rings. The summed E-state index contributed by atoms with van der Waals surface area (Å²) in [7, 11) is 0. The summed E-state index contributed by atoms with van der Waals surface area (Å²) >= 11 is 0. The molecule has 0 amide bonds. The summed E-state index contributed by atoms with van der Waals surface area (Å²) < 4.78 is 17.4. The van der Waals surface area contributed by atoms with E-state index in [4.69, 9.17) is 9.47 Å². The van der Waals surface area contributed by atoms with Crippen LogP contribution in [-0.2, 0) is 19.1 Å². The molecule has 0 spiro atoms. The molecule has 12 atom stereocenters. The van der Waals surface area contributed by atoms with Gasteiger partial charge in [-0.05, 0) is 129 Å². The minimum absolute atomic E-state index is 0.0356. The van der Waals surface area contributed by atoms with Crippen LogP contribution in [0.2, 0.25) is 0 Å². The first-order valence-corrected chi connectivity index (χ1v) is 22.2. The lowest BCUT2D eigenvalue weighted by Gasteiger charge is -2.73. The first-order valence-electron chi connectivity index (χ1n) is 22.2. The van der Waals surface area contributed by atoms with Crippen LogP contribution in [0.25, 0.3) is 0 Å². The Morgan fingerprint density at radius 2 is 1.41 bits per heavy atom. The predicted octanol–water partition coefficient (Wildman–Crippen LogP) is 9.74. The van der Waals surface area contributed by atoms with Crippen LogP contribution in [-0.4, -0.2) is 71.4 Å². The van der Waals surface area contributed by atoms with Gasteiger partial charge in [0.2, 0.25) is 12.1 Å². The number of hydrogen-bond donors (Lipinski definition) is 0. The standard InChI is InChI=1S/C48H74N2O4/c1-10-36(49-28-14-12-15-29-49)42(51)53-32-48-25-20-34(33(3)4)41(48)35-18-19-39-45(7)23-22-40(54-43(52)37(11-2)50-30-16-13-17-31-50)44(5,6)38(45)21-24-47(39,9)46(35,8)26-27-48/h12-14,16,28,30,34-41H,3,10-11,15,17-27,29,31-32H2,1-2,4-9H3/q+2/t34?,35?,36?,37?,38?,39?,40-,41?,45-,46+,47+,48+/m0/s1. The van der Waals surface area contributed by atoms with Gasteiger partial charge in [0.25, 0.3) is 0 Å². The van der Waals surface area contributed by atoms with Crippen LogP contribution in [0.15, 0.2) is 36.5 Å². The summed E-state index contributed by atoms with van der Waals surface area (Å²) in [5.41, 5.74) is 1.97. The zero-order chi connectivity index (χ0) is 38.7. The normalized spacial score (nSPS) is 41.9. The Bertz CT molecular complexity index is 1600. The Kier molecular flexibility index (Phi) is 10.9. The topological polar surface area (TPSA) is 58.6 Å². The number of esters is 2. The Hall–Kier alpha value is -2.50. The van der Waals surface area contributed by atoms with Crippen LogP contribution in [0.1, 0.15) is 145 Å². The minimum atomic E-state index is -0.205. The number of hydrogen-bond acceptors (Lipinski definition) is 4. The Morgan fingerprint density at radius 1 is 0.759 bits per heavy atom. The van der Waals surface area contributed by atoms with Crippen LogP contribution in [0.5, 0.6) is 0 Å². The molecule has 7 unspecified atom stereocenters. The molecule has 2 heterocycles. The molecule has 7 aliphatic rings. The average Bonchev–Trinajstić information content (AvgIpc) is 3.54. The van der Waals surface area contributed by atoms with E-state index in [0.717, 1.165) is 64.5 Å². The highest BCUT2D eigenvalue weighted by molar-refractivity contribution is 5.77. The molecule has 5 fully saturated rings. The van der Waals surface area contributed by atoms with Crippen LogP contribution >= 0.6 is 0 Å². The van der Waals surface area contributed by atoms with E-state index in [0.29, 0.717) is 36.2 Å². The van der Waals surface area contributed by atoms with Crippen molar-refractivity contribution in [3.8, 4) is 0 Å². The van der Waals surface area contributed by atoms with E-state index < -0.39 is 0 Å². The number of ether oxygens (including phenoxy) is 2. The van der Waals surface area contributed by atoms with Gasteiger partial charge >= 0.3 is 11.9 Å². The molecule has 6 heteroatoms. The van der Waals surface area contributed by atoms with Gasteiger partial charge < -0.3 is 9.47 Å². The van der Waals surface area contributed by atoms with Crippen LogP contribution in [0.3, 0.4) is 0 Å². The van der Waals surface area contributed by atoms with Crippen molar-refractivity contribution >= 4 is 24.4 Å². The third kappa shape index (κ3) is 6.25. The Balaban J connectivity index is 1.11. The quantitative estimate of drug-likeness (QED) is 0.127. The molecule has 54 heavy (non-hydrogen) atoms. The maximum Gasteiger partial charge on any atom is 0.375 e. The summed E-state index contributed by atoms with van der Waals surface area (Å²) in [4.78, 5) is 27.6. The molecular formula is C48H74N2O4+2. The molecule has 2 aliphatic heterocycles.